The number of nitrogens with zero attached hydrogens (tertiary/aromatic N) is 3. The molecule has 0 radical (unpaired) electrons. The fraction of sp³-hybridized carbons (Fsp3) is 0.391. The molecule has 33 heavy (non-hydrogen) atoms. The zero-order chi connectivity index (χ0) is 23.6. The molecule has 0 saturated heterocycles. The van der Waals surface area contributed by atoms with Crippen molar-refractivity contribution in [1.82, 2.24) is 20.3 Å². The number of benzene rings is 1. The lowest BCUT2D eigenvalue weighted by Gasteiger charge is -2.31. The van der Waals surface area contributed by atoms with E-state index in [-0.39, 0.29) is 11.2 Å². The van der Waals surface area contributed by atoms with Crippen molar-refractivity contribution in [2.24, 2.45) is 0 Å². The van der Waals surface area contributed by atoms with Crippen LogP contribution in [0.15, 0.2) is 42.0 Å². The largest absolute Gasteiger partial charge is 0.341 e. The molecule has 10 heteroatoms. The van der Waals surface area contributed by atoms with Gasteiger partial charge in [0.2, 0.25) is 10.0 Å². The van der Waals surface area contributed by atoms with Gasteiger partial charge in [-0.1, -0.05) is 26.0 Å². The summed E-state index contributed by atoms with van der Waals surface area (Å²) in [5.74, 6) is -0.214. The van der Waals surface area contributed by atoms with Crippen molar-refractivity contribution < 1.29 is 13.2 Å². The minimum atomic E-state index is -3.38. The summed E-state index contributed by atoms with van der Waals surface area (Å²) >= 11 is 1.24. The monoisotopic (exact) mass is 485 g/mol. The first-order valence-corrected chi connectivity index (χ1v) is 13.4. The van der Waals surface area contributed by atoms with Crippen molar-refractivity contribution in [3.05, 3.63) is 59.0 Å². The van der Waals surface area contributed by atoms with Crippen LogP contribution >= 0.6 is 11.3 Å². The third kappa shape index (κ3) is 5.06. The van der Waals surface area contributed by atoms with Gasteiger partial charge in [-0.05, 0) is 44.7 Å². The first-order chi connectivity index (χ1) is 15.8. The van der Waals surface area contributed by atoms with Crippen LogP contribution in [0.2, 0.25) is 0 Å². The van der Waals surface area contributed by atoms with E-state index in [9.17, 15) is 13.2 Å². The van der Waals surface area contributed by atoms with Crippen LogP contribution in [-0.2, 0) is 15.6 Å². The number of hydrogen-bond donors (Lipinski definition) is 2. The van der Waals surface area contributed by atoms with Gasteiger partial charge in [0.15, 0.2) is 5.13 Å². The zero-order valence-corrected chi connectivity index (χ0v) is 20.5. The fourth-order valence-corrected chi connectivity index (χ4v) is 6.07. The SMILES string of the molecule is CCC(CC)(NC(=O)c1ccc(-c2cncc(C)n2)cc1)c1csc(NS(=O)(=O)C2CC2)n1. The predicted octanol–water partition coefficient (Wildman–Crippen LogP) is 4.26. The number of nitrogens with one attached hydrogen (secondary N) is 2. The molecule has 1 aromatic carbocycles. The molecule has 1 fully saturated rings. The maximum atomic E-state index is 13.1. The molecule has 0 aliphatic heterocycles. The molecule has 0 unspecified atom stereocenters. The van der Waals surface area contributed by atoms with Crippen LogP contribution < -0.4 is 10.0 Å². The van der Waals surface area contributed by atoms with Gasteiger partial charge in [-0.3, -0.25) is 14.5 Å². The maximum absolute atomic E-state index is 13.1. The molecule has 3 aromatic rings. The normalized spacial score (nSPS) is 14.2. The van der Waals surface area contributed by atoms with Crippen LogP contribution in [0.4, 0.5) is 5.13 Å². The second-order valence-corrected chi connectivity index (χ2v) is 11.1. The number of carbonyl (C=O) groups excluding carboxylic acids is 1. The molecule has 1 saturated carbocycles. The molecule has 2 N–H and O–H groups in total. The molecular formula is C23H27N5O3S2. The summed E-state index contributed by atoms with van der Waals surface area (Å²) in [6, 6.07) is 7.24. The Morgan fingerprint density at radius 1 is 1.12 bits per heavy atom. The van der Waals surface area contributed by atoms with Gasteiger partial charge in [0, 0.05) is 22.7 Å². The fourth-order valence-electron chi connectivity index (χ4n) is 3.66. The van der Waals surface area contributed by atoms with Gasteiger partial charge in [0.25, 0.3) is 5.91 Å². The quantitative estimate of drug-likeness (QED) is 0.468. The highest BCUT2D eigenvalue weighted by Gasteiger charge is 2.37. The lowest BCUT2D eigenvalue weighted by molar-refractivity contribution is 0.0887. The molecule has 1 amide bonds. The van der Waals surface area contributed by atoms with E-state index >= 15 is 0 Å². The average Bonchev–Trinajstić information content (AvgIpc) is 3.58. The van der Waals surface area contributed by atoms with E-state index in [2.05, 4.69) is 25.0 Å². The van der Waals surface area contributed by atoms with Crippen LogP contribution in [0, 0.1) is 6.92 Å². The molecule has 0 atom stereocenters. The van der Waals surface area contributed by atoms with Crippen LogP contribution in [0.1, 0.15) is 61.3 Å². The molecule has 0 bridgehead atoms. The highest BCUT2D eigenvalue weighted by Crippen LogP contribution is 2.34. The second kappa shape index (κ2) is 9.18. The summed E-state index contributed by atoms with van der Waals surface area (Å²) in [7, 11) is -3.38. The summed E-state index contributed by atoms with van der Waals surface area (Å²) in [5, 5.41) is 4.97. The molecule has 2 heterocycles. The van der Waals surface area contributed by atoms with Crippen molar-refractivity contribution in [3.63, 3.8) is 0 Å². The Hall–Kier alpha value is -2.85. The van der Waals surface area contributed by atoms with Crippen molar-refractivity contribution in [2.75, 3.05) is 4.72 Å². The highest BCUT2D eigenvalue weighted by molar-refractivity contribution is 7.93. The molecule has 8 nitrogen and oxygen atoms in total. The lowest BCUT2D eigenvalue weighted by atomic mass is 9.89. The van der Waals surface area contributed by atoms with Gasteiger partial charge >= 0.3 is 0 Å². The summed E-state index contributed by atoms with van der Waals surface area (Å²) in [5.41, 5.74) is 2.94. The molecule has 4 rings (SSSR count). The summed E-state index contributed by atoms with van der Waals surface area (Å²) in [6.45, 7) is 5.85. The number of sulfonamides is 1. The van der Waals surface area contributed by atoms with Crippen molar-refractivity contribution in [3.8, 4) is 11.3 Å². The van der Waals surface area contributed by atoms with Gasteiger partial charge in [-0.15, -0.1) is 11.3 Å². The Labute approximate surface area is 198 Å². The maximum Gasteiger partial charge on any atom is 0.252 e. The number of hydrogen-bond acceptors (Lipinski definition) is 7. The van der Waals surface area contributed by atoms with Crippen LogP contribution in [0.5, 0.6) is 0 Å². The van der Waals surface area contributed by atoms with Crippen molar-refractivity contribution in [1.29, 1.82) is 0 Å². The minimum Gasteiger partial charge on any atom is -0.341 e. The van der Waals surface area contributed by atoms with Crippen LogP contribution in [0.25, 0.3) is 11.3 Å². The van der Waals surface area contributed by atoms with E-state index in [4.69, 9.17) is 0 Å². The Balaban J connectivity index is 1.52. The van der Waals surface area contributed by atoms with E-state index < -0.39 is 15.6 Å². The minimum absolute atomic E-state index is 0.214. The lowest BCUT2D eigenvalue weighted by Crippen LogP contribution is -2.45. The number of thiazole rings is 1. The first kappa shape index (κ1) is 23.3. The number of anilines is 1. The molecule has 0 spiro atoms. The predicted molar refractivity (Wildman–Crippen MR) is 130 cm³/mol. The van der Waals surface area contributed by atoms with Crippen LogP contribution in [0.3, 0.4) is 0 Å². The van der Waals surface area contributed by atoms with Crippen molar-refractivity contribution in [2.45, 2.75) is 57.2 Å². The number of amides is 1. The van der Waals surface area contributed by atoms with Gasteiger partial charge < -0.3 is 5.32 Å². The van der Waals surface area contributed by atoms with Gasteiger partial charge in [0.05, 0.1) is 34.1 Å². The molecule has 2 aromatic heterocycles. The van der Waals surface area contributed by atoms with Gasteiger partial charge in [-0.2, -0.15) is 0 Å². The van der Waals surface area contributed by atoms with E-state index in [1.165, 1.54) is 11.3 Å². The molecule has 1 aliphatic carbocycles. The second-order valence-electron chi connectivity index (χ2n) is 8.25. The summed E-state index contributed by atoms with van der Waals surface area (Å²) in [6.07, 6.45) is 5.99. The van der Waals surface area contributed by atoms with Gasteiger partial charge in [-0.25, -0.2) is 18.4 Å². The summed E-state index contributed by atoms with van der Waals surface area (Å²) in [4.78, 5) is 26.3. The van der Waals surface area contributed by atoms with E-state index in [1.807, 2.05) is 38.3 Å². The third-order valence-corrected chi connectivity index (χ3v) is 8.66. The average molecular weight is 486 g/mol. The molecule has 174 valence electrons. The summed E-state index contributed by atoms with van der Waals surface area (Å²) < 4.78 is 27.1. The third-order valence-electron chi connectivity index (χ3n) is 5.95. The molecule has 1 aliphatic rings. The van der Waals surface area contributed by atoms with Gasteiger partial charge in [0.1, 0.15) is 0 Å². The Morgan fingerprint density at radius 2 is 1.82 bits per heavy atom. The topological polar surface area (TPSA) is 114 Å². The number of rotatable bonds is 9. The molecular weight excluding hydrogens is 458 g/mol. The smallest absolute Gasteiger partial charge is 0.252 e. The van der Waals surface area contributed by atoms with Crippen LogP contribution in [-0.4, -0.2) is 34.5 Å². The van der Waals surface area contributed by atoms with E-state index in [0.29, 0.717) is 42.1 Å². The van der Waals surface area contributed by atoms with Crippen molar-refractivity contribution >= 4 is 32.4 Å². The Kier molecular flexibility index (Phi) is 6.49. The highest BCUT2D eigenvalue weighted by atomic mass is 32.2. The van der Waals surface area contributed by atoms with E-state index in [1.54, 1.807) is 24.5 Å². The zero-order valence-electron chi connectivity index (χ0n) is 18.8. The van der Waals surface area contributed by atoms with E-state index in [0.717, 1.165) is 17.0 Å². The Morgan fingerprint density at radius 3 is 2.42 bits per heavy atom. The first-order valence-electron chi connectivity index (χ1n) is 11.0. The standard InChI is InChI=1S/C23H27N5O3S2/c1-4-23(5-2,20-14-32-22(26-20)28-33(30,31)18-10-11-18)27-21(29)17-8-6-16(7-9-17)19-13-24-12-15(3)25-19/h6-9,12-14,18H,4-5,10-11H2,1-3H3,(H,26,28)(H,27,29). The Bertz CT molecular complexity index is 1250. The number of aromatic nitrogens is 3. The number of carbonyl (C=O) groups is 1. The number of aryl methyl sites for hydroxylation is 1.